The summed E-state index contributed by atoms with van der Waals surface area (Å²) in [5, 5.41) is 5.96. The van der Waals surface area contributed by atoms with Gasteiger partial charge in [0.2, 0.25) is 0 Å². The highest BCUT2D eigenvalue weighted by atomic mass is 19.4. The molecule has 23 heavy (non-hydrogen) atoms. The molecular weight excluding hydrogens is 307 g/mol. The Morgan fingerprint density at radius 2 is 1.87 bits per heavy atom. The molecular formula is C16H22F3N3O. The average molecular weight is 329 g/mol. The summed E-state index contributed by atoms with van der Waals surface area (Å²) in [7, 11) is 0. The zero-order valence-corrected chi connectivity index (χ0v) is 13.1. The van der Waals surface area contributed by atoms with E-state index in [2.05, 4.69) is 10.6 Å². The van der Waals surface area contributed by atoms with Gasteiger partial charge in [-0.2, -0.15) is 13.2 Å². The van der Waals surface area contributed by atoms with Crippen LogP contribution in [0.5, 0.6) is 0 Å². The highest BCUT2D eigenvalue weighted by Gasteiger charge is 2.30. The van der Waals surface area contributed by atoms with Gasteiger partial charge in [-0.15, -0.1) is 0 Å². The van der Waals surface area contributed by atoms with Crippen LogP contribution in [-0.2, 0) is 6.18 Å². The number of hydrogen-bond donors (Lipinski definition) is 2. The van der Waals surface area contributed by atoms with Gasteiger partial charge in [-0.05, 0) is 56.6 Å². The first-order valence-corrected chi connectivity index (χ1v) is 7.87. The van der Waals surface area contributed by atoms with Gasteiger partial charge in [0, 0.05) is 18.3 Å². The number of carbonyl (C=O) groups is 1. The van der Waals surface area contributed by atoms with E-state index in [-0.39, 0.29) is 12.1 Å². The number of nitrogens with zero attached hydrogens (tertiary/aromatic N) is 1. The number of hydrogen-bond acceptors (Lipinski definition) is 2. The Bertz CT molecular complexity index is 510. The van der Waals surface area contributed by atoms with Gasteiger partial charge < -0.3 is 15.5 Å². The molecule has 0 saturated carbocycles. The Hall–Kier alpha value is -1.76. The highest BCUT2D eigenvalue weighted by molar-refractivity contribution is 5.89. The van der Waals surface area contributed by atoms with Gasteiger partial charge in [0.15, 0.2) is 0 Å². The number of anilines is 1. The summed E-state index contributed by atoms with van der Waals surface area (Å²) in [5.74, 6) is 0. The molecule has 7 heteroatoms. The summed E-state index contributed by atoms with van der Waals surface area (Å²) < 4.78 is 37.7. The van der Waals surface area contributed by atoms with E-state index in [1.807, 2.05) is 6.92 Å². The maximum absolute atomic E-state index is 12.6. The van der Waals surface area contributed by atoms with Gasteiger partial charge in [-0.3, -0.25) is 0 Å². The van der Waals surface area contributed by atoms with Crippen LogP contribution in [0.1, 0.15) is 31.7 Å². The second-order valence-corrected chi connectivity index (χ2v) is 5.68. The topological polar surface area (TPSA) is 44.4 Å². The molecule has 1 fully saturated rings. The van der Waals surface area contributed by atoms with Crippen molar-refractivity contribution in [3.63, 3.8) is 0 Å². The number of piperidine rings is 1. The Morgan fingerprint density at radius 3 is 2.39 bits per heavy atom. The minimum Gasteiger partial charge on any atom is -0.321 e. The molecule has 0 unspecified atom stereocenters. The number of nitrogens with one attached hydrogen (secondary N) is 2. The van der Waals surface area contributed by atoms with E-state index in [4.69, 9.17) is 0 Å². The largest absolute Gasteiger partial charge is 0.416 e. The molecule has 0 atom stereocenters. The summed E-state index contributed by atoms with van der Waals surface area (Å²) in [5.41, 5.74) is -0.350. The van der Waals surface area contributed by atoms with Crippen molar-refractivity contribution in [2.45, 2.75) is 38.4 Å². The van der Waals surface area contributed by atoms with Crippen molar-refractivity contribution in [3.8, 4) is 0 Å². The summed E-state index contributed by atoms with van der Waals surface area (Å²) in [6.07, 6.45) is -1.75. The van der Waals surface area contributed by atoms with Crippen molar-refractivity contribution < 1.29 is 18.0 Å². The molecule has 0 spiro atoms. The molecule has 1 aromatic rings. The minimum absolute atomic E-state index is 0.172. The second-order valence-electron chi connectivity index (χ2n) is 5.68. The van der Waals surface area contributed by atoms with Crippen LogP contribution in [0.2, 0.25) is 0 Å². The third kappa shape index (κ3) is 4.86. The molecule has 2 N–H and O–H groups in total. The number of benzene rings is 1. The maximum atomic E-state index is 12.6. The third-order valence-electron chi connectivity index (χ3n) is 3.94. The summed E-state index contributed by atoms with van der Waals surface area (Å²) in [6.45, 7) is 4.38. The van der Waals surface area contributed by atoms with Gasteiger partial charge in [0.25, 0.3) is 0 Å². The first-order valence-electron chi connectivity index (χ1n) is 7.87. The van der Waals surface area contributed by atoms with Gasteiger partial charge in [-0.25, -0.2) is 4.79 Å². The zero-order valence-electron chi connectivity index (χ0n) is 13.1. The Morgan fingerprint density at radius 1 is 1.26 bits per heavy atom. The molecule has 0 aromatic heterocycles. The molecule has 4 nitrogen and oxygen atoms in total. The lowest BCUT2D eigenvalue weighted by Gasteiger charge is -2.34. The van der Waals surface area contributed by atoms with E-state index < -0.39 is 11.7 Å². The fourth-order valence-electron chi connectivity index (χ4n) is 2.75. The molecule has 2 rings (SSSR count). The number of halogens is 3. The molecule has 1 saturated heterocycles. The number of rotatable bonds is 4. The molecule has 2 amide bonds. The molecule has 0 aliphatic carbocycles. The lowest BCUT2D eigenvalue weighted by molar-refractivity contribution is -0.137. The van der Waals surface area contributed by atoms with E-state index in [0.717, 1.165) is 44.5 Å². The fourth-order valence-corrected chi connectivity index (χ4v) is 2.75. The summed E-state index contributed by atoms with van der Waals surface area (Å²) >= 11 is 0. The van der Waals surface area contributed by atoms with E-state index in [9.17, 15) is 18.0 Å². The van der Waals surface area contributed by atoms with Gasteiger partial charge in [0.05, 0.1) is 5.56 Å². The molecule has 0 radical (unpaired) electrons. The molecule has 1 heterocycles. The van der Waals surface area contributed by atoms with Crippen molar-refractivity contribution in [2.75, 3.05) is 25.0 Å². The van der Waals surface area contributed by atoms with Crippen molar-refractivity contribution >= 4 is 11.7 Å². The quantitative estimate of drug-likeness (QED) is 0.885. The fraction of sp³-hybridized carbons (Fsp3) is 0.562. The number of amides is 2. The van der Waals surface area contributed by atoms with Crippen LogP contribution < -0.4 is 10.6 Å². The Kier molecular flexibility index (Phi) is 5.87. The van der Waals surface area contributed by atoms with Gasteiger partial charge >= 0.3 is 12.2 Å². The van der Waals surface area contributed by atoms with Crippen molar-refractivity contribution in [3.05, 3.63) is 29.8 Å². The predicted molar refractivity (Wildman–Crippen MR) is 83.4 cm³/mol. The Labute approximate surface area is 134 Å². The second kappa shape index (κ2) is 7.68. The molecule has 128 valence electrons. The lowest BCUT2D eigenvalue weighted by atomic mass is 10.0. The van der Waals surface area contributed by atoms with Gasteiger partial charge in [0.1, 0.15) is 0 Å². The molecule has 1 aromatic carbocycles. The van der Waals surface area contributed by atoms with E-state index in [1.54, 1.807) is 4.90 Å². The number of alkyl halides is 3. The van der Waals surface area contributed by atoms with Crippen LogP contribution in [0.3, 0.4) is 0 Å². The molecule has 0 bridgehead atoms. The average Bonchev–Trinajstić information content (AvgIpc) is 2.53. The molecule has 1 aliphatic heterocycles. The van der Waals surface area contributed by atoms with Crippen molar-refractivity contribution in [1.29, 1.82) is 0 Å². The lowest BCUT2D eigenvalue weighted by Crippen LogP contribution is -2.48. The van der Waals surface area contributed by atoms with Crippen LogP contribution >= 0.6 is 0 Å². The van der Waals surface area contributed by atoms with Gasteiger partial charge in [-0.1, -0.05) is 6.92 Å². The smallest absolute Gasteiger partial charge is 0.321 e. The number of urea groups is 1. The maximum Gasteiger partial charge on any atom is 0.416 e. The third-order valence-corrected chi connectivity index (χ3v) is 3.94. The first kappa shape index (κ1) is 17.6. The zero-order chi connectivity index (χ0) is 16.9. The highest BCUT2D eigenvalue weighted by Crippen LogP contribution is 2.29. The van der Waals surface area contributed by atoms with Crippen molar-refractivity contribution in [1.82, 2.24) is 10.2 Å². The summed E-state index contributed by atoms with van der Waals surface area (Å²) in [4.78, 5) is 14.2. The minimum atomic E-state index is -4.37. The van der Waals surface area contributed by atoms with E-state index in [0.29, 0.717) is 12.2 Å². The van der Waals surface area contributed by atoms with E-state index in [1.165, 1.54) is 12.1 Å². The predicted octanol–water partition coefficient (Wildman–Crippen LogP) is 3.70. The molecule has 1 aliphatic rings. The van der Waals surface area contributed by atoms with Crippen molar-refractivity contribution in [2.24, 2.45) is 0 Å². The standard InChI is InChI=1S/C16H22F3N3O/c1-2-11-22(14-7-9-20-10-8-14)15(23)21-13-5-3-12(4-6-13)16(17,18)19/h3-6,14,20H,2,7-11H2,1H3,(H,21,23). The van der Waals surface area contributed by atoms with Crippen LogP contribution in [-0.4, -0.2) is 36.6 Å². The number of carbonyl (C=O) groups excluding carboxylic acids is 1. The van der Waals surface area contributed by atoms with Crippen LogP contribution in [0.25, 0.3) is 0 Å². The first-order chi connectivity index (χ1) is 10.9. The van der Waals surface area contributed by atoms with Crippen LogP contribution in [0.4, 0.5) is 23.7 Å². The van der Waals surface area contributed by atoms with E-state index >= 15 is 0 Å². The van der Waals surface area contributed by atoms with Crippen LogP contribution in [0.15, 0.2) is 24.3 Å². The SMILES string of the molecule is CCCN(C(=O)Nc1ccc(C(F)(F)F)cc1)C1CCNCC1. The van der Waals surface area contributed by atoms with Crippen LogP contribution in [0, 0.1) is 0 Å². The summed E-state index contributed by atoms with van der Waals surface area (Å²) in [6, 6.07) is 4.44. The normalized spacial score (nSPS) is 16.2. The Balaban J connectivity index is 2.02. The monoisotopic (exact) mass is 329 g/mol.